The van der Waals surface area contributed by atoms with Crippen LogP contribution in [0.25, 0.3) is 0 Å². The summed E-state index contributed by atoms with van der Waals surface area (Å²) < 4.78 is 0. The van der Waals surface area contributed by atoms with Crippen molar-refractivity contribution in [2.75, 3.05) is 6.61 Å². The van der Waals surface area contributed by atoms with Gasteiger partial charge in [0.2, 0.25) is 0 Å². The molecule has 0 saturated carbocycles. The molecule has 0 radical (unpaired) electrons. The molecule has 0 aromatic heterocycles. The van der Waals surface area contributed by atoms with Crippen LogP contribution in [0.1, 0.15) is 6.42 Å². The molecule has 1 heterocycles. The molecular formula is C6H12O4S. The first-order chi connectivity index (χ1) is 5.15. The van der Waals surface area contributed by atoms with Crippen LogP contribution in [0.2, 0.25) is 0 Å². The lowest BCUT2D eigenvalue weighted by molar-refractivity contribution is -0.0381. The molecule has 4 nitrogen and oxygen atoms in total. The van der Waals surface area contributed by atoms with Crippen LogP contribution in [0, 0.1) is 0 Å². The fraction of sp³-hybridized carbons (Fsp3) is 1.00. The Kier molecular flexibility index (Phi) is 3.15. The molecule has 1 aliphatic rings. The molecule has 11 heavy (non-hydrogen) atoms. The average molecular weight is 180 g/mol. The van der Waals surface area contributed by atoms with E-state index in [1.54, 1.807) is 0 Å². The minimum Gasteiger partial charge on any atom is -0.395 e. The zero-order valence-corrected chi connectivity index (χ0v) is 6.74. The highest BCUT2D eigenvalue weighted by Gasteiger charge is 2.34. The van der Waals surface area contributed by atoms with Gasteiger partial charge in [0.05, 0.1) is 12.7 Å². The van der Waals surface area contributed by atoms with Crippen molar-refractivity contribution in [3.63, 3.8) is 0 Å². The Bertz CT molecular complexity index is 120. The minimum atomic E-state index is -1.08. The van der Waals surface area contributed by atoms with Crippen molar-refractivity contribution >= 4 is 11.8 Å². The molecule has 0 bridgehead atoms. The molecule has 5 heteroatoms. The lowest BCUT2D eigenvalue weighted by Gasteiger charge is -2.32. The van der Waals surface area contributed by atoms with Gasteiger partial charge in [-0.15, -0.1) is 11.8 Å². The van der Waals surface area contributed by atoms with Gasteiger partial charge < -0.3 is 20.4 Å². The summed E-state index contributed by atoms with van der Waals surface area (Å²) >= 11 is 1.09. The Morgan fingerprint density at radius 2 is 1.91 bits per heavy atom. The van der Waals surface area contributed by atoms with Gasteiger partial charge in [0, 0.05) is 5.25 Å². The molecule has 0 amide bonds. The Morgan fingerprint density at radius 3 is 2.36 bits per heavy atom. The molecule has 1 fully saturated rings. The molecular weight excluding hydrogens is 168 g/mol. The van der Waals surface area contributed by atoms with Crippen LogP contribution in [0.4, 0.5) is 0 Å². The summed E-state index contributed by atoms with van der Waals surface area (Å²) in [6.45, 7) is -0.0779. The number of hydrogen-bond donors (Lipinski definition) is 4. The van der Waals surface area contributed by atoms with Gasteiger partial charge in [0.1, 0.15) is 11.5 Å². The van der Waals surface area contributed by atoms with Crippen molar-refractivity contribution < 1.29 is 20.4 Å². The molecule has 66 valence electrons. The van der Waals surface area contributed by atoms with E-state index in [0.717, 1.165) is 11.8 Å². The number of aliphatic hydroxyl groups is 4. The van der Waals surface area contributed by atoms with Gasteiger partial charge in [0.15, 0.2) is 0 Å². The molecule has 0 aliphatic carbocycles. The topological polar surface area (TPSA) is 80.9 Å². The van der Waals surface area contributed by atoms with Crippen LogP contribution in [-0.4, -0.2) is 49.9 Å². The number of hydrogen-bond acceptors (Lipinski definition) is 5. The Morgan fingerprint density at radius 1 is 1.27 bits per heavy atom. The highest BCUT2D eigenvalue weighted by atomic mass is 32.2. The maximum atomic E-state index is 9.12. The van der Waals surface area contributed by atoms with Crippen LogP contribution in [-0.2, 0) is 0 Å². The summed E-state index contributed by atoms with van der Waals surface area (Å²) in [4.78, 5) is 0. The lowest BCUT2D eigenvalue weighted by atomic mass is 10.1. The van der Waals surface area contributed by atoms with Crippen molar-refractivity contribution in [2.45, 2.75) is 29.3 Å². The maximum Gasteiger partial charge on any atom is 0.128 e. The third kappa shape index (κ3) is 2.07. The quantitative estimate of drug-likeness (QED) is 0.396. The second kappa shape index (κ2) is 3.73. The van der Waals surface area contributed by atoms with Crippen LogP contribution in [0.5, 0.6) is 0 Å². The third-order valence-corrected chi connectivity index (χ3v) is 3.01. The van der Waals surface area contributed by atoms with E-state index in [2.05, 4.69) is 0 Å². The summed E-state index contributed by atoms with van der Waals surface area (Å²) in [5.41, 5.74) is -0.976. The predicted octanol–water partition coefficient (Wildman–Crippen LogP) is -1.48. The molecule has 4 atom stereocenters. The highest BCUT2D eigenvalue weighted by Crippen LogP contribution is 2.30. The Labute approximate surface area is 68.9 Å². The summed E-state index contributed by atoms with van der Waals surface area (Å²) in [6.07, 6.45) is -1.66. The van der Waals surface area contributed by atoms with E-state index >= 15 is 0 Å². The van der Waals surface area contributed by atoms with E-state index in [1.807, 2.05) is 0 Å². The van der Waals surface area contributed by atoms with Gasteiger partial charge in [0.25, 0.3) is 0 Å². The maximum absolute atomic E-state index is 9.12. The third-order valence-electron chi connectivity index (χ3n) is 1.73. The summed E-state index contributed by atoms with van der Waals surface area (Å²) in [7, 11) is 0. The van der Waals surface area contributed by atoms with E-state index < -0.39 is 17.6 Å². The molecule has 4 unspecified atom stereocenters. The highest BCUT2D eigenvalue weighted by molar-refractivity contribution is 8.00. The second-order valence-electron chi connectivity index (χ2n) is 2.62. The van der Waals surface area contributed by atoms with Gasteiger partial charge in [-0.3, -0.25) is 0 Å². The molecule has 0 aromatic carbocycles. The fourth-order valence-electron chi connectivity index (χ4n) is 1.05. The van der Waals surface area contributed by atoms with Crippen molar-refractivity contribution in [2.24, 2.45) is 0 Å². The Balaban J connectivity index is 2.47. The van der Waals surface area contributed by atoms with Crippen molar-refractivity contribution in [3.05, 3.63) is 0 Å². The average Bonchev–Trinajstić information content (AvgIpc) is 1.99. The number of rotatable bonds is 1. The smallest absolute Gasteiger partial charge is 0.128 e. The van der Waals surface area contributed by atoms with E-state index in [9.17, 15) is 0 Å². The van der Waals surface area contributed by atoms with Gasteiger partial charge in [-0.25, -0.2) is 0 Å². The largest absolute Gasteiger partial charge is 0.395 e. The normalized spacial score (nSPS) is 45.8. The zero-order chi connectivity index (χ0) is 8.43. The van der Waals surface area contributed by atoms with Crippen molar-refractivity contribution in [3.8, 4) is 0 Å². The molecule has 1 saturated heterocycles. The van der Waals surface area contributed by atoms with E-state index in [-0.39, 0.29) is 11.9 Å². The zero-order valence-electron chi connectivity index (χ0n) is 5.92. The first kappa shape index (κ1) is 9.28. The van der Waals surface area contributed by atoms with Crippen LogP contribution >= 0.6 is 11.8 Å². The summed E-state index contributed by atoms with van der Waals surface area (Å²) in [6, 6.07) is 0. The van der Waals surface area contributed by atoms with Crippen LogP contribution in [0.15, 0.2) is 0 Å². The van der Waals surface area contributed by atoms with Crippen LogP contribution in [0.3, 0.4) is 0 Å². The van der Waals surface area contributed by atoms with E-state index in [1.165, 1.54) is 0 Å². The molecule has 1 aliphatic heterocycles. The second-order valence-corrected chi connectivity index (χ2v) is 4.05. The molecule has 0 aromatic rings. The van der Waals surface area contributed by atoms with E-state index in [0.29, 0.717) is 6.42 Å². The van der Waals surface area contributed by atoms with Gasteiger partial charge >= 0.3 is 0 Å². The minimum absolute atomic E-state index is 0.0779. The SMILES string of the molecule is OCC1CC(O)C(O)C(O)S1. The van der Waals surface area contributed by atoms with Crippen LogP contribution < -0.4 is 0 Å². The predicted molar refractivity (Wildman–Crippen MR) is 41.1 cm³/mol. The molecule has 4 N–H and O–H groups in total. The van der Waals surface area contributed by atoms with Crippen molar-refractivity contribution in [1.29, 1.82) is 0 Å². The first-order valence-corrected chi connectivity index (χ1v) is 4.40. The molecule has 0 spiro atoms. The van der Waals surface area contributed by atoms with Gasteiger partial charge in [-0.05, 0) is 6.42 Å². The van der Waals surface area contributed by atoms with Gasteiger partial charge in [-0.1, -0.05) is 0 Å². The standard InChI is InChI=1S/C6H12O4S/c7-2-3-1-4(8)5(9)6(10)11-3/h3-10H,1-2H2. The summed E-state index contributed by atoms with van der Waals surface area (Å²) in [5, 5.41) is 35.8. The number of aliphatic hydroxyl groups excluding tert-OH is 4. The van der Waals surface area contributed by atoms with E-state index in [4.69, 9.17) is 20.4 Å². The fourth-order valence-corrected chi connectivity index (χ4v) is 2.18. The van der Waals surface area contributed by atoms with Gasteiger partial charge in [-0.2, -0.15) is 0 Å². The summed E-state index contributed by atoms with van der Waals surface area (Å²) in [5.74, 6) is 0. The van der Waals surface area contributed by atoms with Crippen molar-refractivity contribution in [1.82, 2.24) is 0 Å². The number of thioether (sulfide) groups is 1. The lowest BCUT2D eigenvalue weighted by Crippen LogP contribution is -2.43. The molecule has 1 rings (SSSR count). The first-order valence-electron chi connectivity index (χ1n) is 3.45. The Hall–Kier alpha value is 0.190. The monoisotopic (exact) mass is 180 g/mol.